The number of carboxylic acid groups (broad SMARTS) is 1. The van der Waals surface area contributed by atoms with Gasteiger partial charge in [0.25, 0.3) is 0 Å². The number of hydrogen-bond donors (Lipinski definition) is 1. The number of carbonyl (C=O) groups is 3. The zero-order valence-corrected chi connectivity index (χ0v) is 24.3. The fourth-order valence-corrected chi connectivity index (χ4v) is 10.9. The Morgan fingerprint density at radius 1 is 0.919 bits per heavy atom. The first-order chi connectivity index (χ1) is 17.0. The van der Waals surface area contributed by atoms with E-state index in [1.165, 1.54) is 12.7 Å². The second kappa shape index (κ2) is 7.94. The maximum atomic E-state index is 14.4. The zero-order valence-electron chi connectivity index (χ0n) is 24.3. The van der Waals surface area contributed by atoms with E-state index in [0.717, 1.165) is 44.9 Å². The third-order valence-electron chi connectivity index (χ3n) is 13.6. The second-order valence-electron chi connectivity index (χ2n) is 15.5. The molecule has 4 saturated carbocycles. The number of rotatable bonds is 2. The van der Waals surface area contributed by atoms with Crippen molar-refractivity contribution >= 4 is 17.7 Å². The van der Waals surface area contributed by atoms with Crippen molar-refractivity contribution in [1.29, 1.82) is 0 Å². The van der Waals surface area contributed by atoms with Crippen molar-refractivity contribution < 1.29 is 24.2 Å². The lowest BCUT2D eigenvalue weighted by atomic mass is 9.33. The van der Waals surface area contributed by atoms with Crippen LogP contribution in [0.15, 0.2) is 11.6 Å². The smallest absolute Gasteiger partial charge is 0.309 e. The molecule has 0 aromatic carbocycles. The molecule has 0 saturated heterocycles. The molecule has 0 heterocycles. The maximum absolute atomic E-state index is 14.4. The van der Waals surface area contributed by atoms with Crippen molar-refractivity contribution in [2.75, 3.05) is 7.11 Å². The maximum Gasteiger partial charge on any atom is 0.309 e. The van der Waals surface area contributed by atoms with Gasteiger partial charge >= 0.3 is 11.9 Å². The van der Waals surface area contributed by atoms with E-state index in [1.54, 1.807) is 0 Å². The minimum atomic E-state index is -0.732. The summed E-state index contributed by atoms with van der Waals surface area (Å²) in [6.07, 6.45) is 10.0. The first kappa shape index (κ1) is 26.9. The zero-order chi connectivity index (χ0) is 27.4. The molecule has 4 fully saturated rings. The molecule has 0 aromatic heterocycles. The molecular weight excluding hydrogens is 464 g/mol. The first-order valence-electron chi connectivity index (χ1n) is 14.6. The molecule has 0 aromatic rings. The van der Waals surface area contributed by atoms with Gasteiger partial charge in [-0.2, -0.15) is 0 Å². The average molecular weight is 513 g/mol. The van der Waals surface area contributed by atoms with Crippen molar-refractivity contribution in [2.24, 2.45) is 56.2 Å². The largest absolute Gasteiger partial charge is 0.481 e. The van der Waals surface area contributed by atoms with Crippen LogP contribution in [0.4, 0.5) is 0 Å². The van der Waals surface area contributed by atoms with Crippen LogP contribution in [0.5, 0.6) is 0 Å². The van der Waals surface area contributed by atoms with Crippen molar-refractivity contribution in [2.45, 2.75) is 106 Å². The van der Waals surface area contributed by atoms with E-state index < -0.39 is 11.4 Å². The molecule has 0 bridgehead atoms. The Hall–Kier alpha value is -1.65. The topological polar surface area (TPSA) is 80.7 Å². The molecule has 0 unspecified atom stereocenters. The van der Waals surface area contributed by atoms with E-state index in [-0.39, 0.29) is 62.5 Å². The Labute approximate surface area is 223 Å². The molecule has 0 amide bonds. The molecule has 0 radical (unpaired) electrons. The number of carboxylic acids is 1. The summed E-state index contributed by atoms with van der Waals surface area (Å²) in [6, 6.07) is 0. The molecule has 37 heavy (non-hydrogen) atoms. The summed E-state index contributed by atoms with van der Waals surface area (Å²) < 4.78 is 5.21. The average Bonchev–Trinajstić information content (AvgIpc) is 2.80. The Morgan fingerprint density at radius 2 is 1.57 bits per heavy atom. The van der Waals surface area contributed by atoms with Crippen LogP contribution in [0, 0.1) is 56.2 Å². The van der Waals surface area contributed by atoms with Gasteiger partial charge in [0.2, 0.25) is 0 Å². The highest BCUT2D eigenvalue weighted by atomic mass is 16.5. The van der Waals surface area contributed by atoms with Gasteiger partial charge in [-0.1, -0.05) is 47.1 Å². The summed E-state index contributed by atoms with van der Waals surface area (Å²) in [4.78, 5) is 39.4. The molecule has 1 N–H and O–H groups in total. The number of esters is 1. The van der Waals surface area contributed by atoms with Gasteiger partial charge in [-0.05, 0) is 110 Å². The van der Waals surface area contributed by atoms with Gasteiger partial charge < -0.3 is 9.84 Å². The Morgan fingerprint density at radius 3 is 2.19 bits per heavy atom. The van der Waals surface area contributed by atoms with Gasteiger partial charge in [0, 0.05) is 5.92 Å². The third kappa shape index (κ3) is 3.30. The van der Waals surface area contributed by atoms with E-state index in [9.17, 15) is 19.5 Å². The van der Waals surface area contributed by atoms with Crippen LogP contribution in [0.25, 0.3) is 0 Å². The van der Waals surface area contributed by atoms with Gasteiger partial charge in [0.05, 0.1) is 18.4 Å². The minimum absolute atomic E-state index is 0.0610. The van der Waals surface area contributed by atoms with E-state index in [2.05, 4.69) is 41.5 Å². The molecular formula is C32H48O5. The van der Waals surface area contributed by atoms with Crippen LogP contribution < -0.4 is 0 Å². The summed E-state index contributed by atoms with van der Waals surface area (Å²) in [6.45, 7) is 15.8. The quantitative estimate of drug-likeness (QED) is 0.410. The molecule has 206 valence electrons. The molecule has 9 atom stereocenters. The Bertz CT molecular complexity index is 1070. The number of aliphatic carboxylic acids is 1. The van der Waals surface area contributed by atoms with Crippen LogP contribution in [0.2, 0.25) is 0 Å². The molecule has 0 spiro atoms. The number of hydrogen-bond acceptors (Lipinski definition) is 4. The third-order valence-corrected chi connectivity index (χ3v) is 13.6. The molecule has 5 nitrogen and oxygen atoms in total. The monoisotopic (exact) mass is 512 g/mol. The highest BCUT2D eigenvalue weighted by molar-refractivity contribution is 5.95. The van der Waals surface area contributed by atoms with E-state index in [0.29, 0.717) is 12.8 Å². The summed E-state index contributed by atoms with van der Waals surface area (Å²) in [5, 5.41) is 10.1. The SMILES string of the molecule is COC(=O)[C@H]1CC[C@]2(C)[C@H]3C(=O)C=C4[C@@H]5C[C@@](C)(C(=O)O)CC[C@]5(C)CC[C@@]4(C)[C@]3(C)CC[C@H]2C1(C)C. The summed E-state index contributed by atoms with van der Waals surface area (Å²) in [5.74, 6) is -0.365. The number of methoxy groups -OCH3 is 1. The molecule has 5 heteroatoms. The number of allylic oxidation sites excluding steroid dienone is 2. The number of ketones is 1. The van der Waals surface area contributed by atoms with Gasteiger partial charge in [-0.3, -0.25) is 14.4 Å². The Balaban J connectivity index is 1.59. The fourth-order valence-electron chi connectivity index (χ4n) is 10.9. The van der Waals surface area contributed by atoms with Crippen molar-refractivity contribution in [3.63, 3.8) is 0 Å². The predicted octanol–water partition coefficient (Wildman–Crippen LogP) is 6.84. The van der Waals surface area contributed by atoms with Crippen molar-refractivity contribution in [3.05, 3.63) is 11.6 Å². The van der Waals surface area contributed by atoms with Crippen LogP contribution >= 0.6 is 0 Å². The lowest BCUT2D eigenvalue weighted by molar-refractivity contribution is -0.198. The first-order valence-corrected chi connectivity index (χ1v) is 14.6. The lowest BCUT2D eigenvalue weighted by Gasteiger charge is -2.70. The predicted molar refractivity (Wildman–Crippen MR) is 143 cm³/mol. The van der Waals surface area contributed by atoms with Gasteiger partial charge in [-0.25, -0.2) is 0 Å². The normalized spacial score (nSPS) is 50.5. The van der Waals surface area contributed by atoms with Crippen LogP contribution in [0.1, 0.15) is 106 Å². The standard InChI is InChI=1S/C32H48O5/c1-27(2)19(25(34)37-8)9-11-30(5)23(27)10-12-32(7)24(30)22(33)17-20-21-18-29(4,26(35)36)14-13-28(21,3)15-16-31(20,32)6/h17,19,21,23-24H,9-16,18H2,1-8H3,(H,35,36)/t19-,21+,23+,24-,28-,29+,30+,31-,32-/m1/s1. The van der Waals surface area contributed by atoms with E-state index in [1.807, 2.05) is 13.0 Å². The van der Waals surface area contributed by atoms with Gasteiger partial charge in [-0.15, -0.1) is 0 Å². The van der Waals surface area contributed by atoms with E-state index in [4.69, 9.17) is 4.74 Å². The van der Waals surface area contributed by atoms with Gasteiger partial charge in [0.1, 0.15) is 0 Å². The molecule has 5 rings (SSSR count). The second-order valence-corrected chi connectivity index (χ2v) is 15.5. The summed E-state index contributed by atoms with van der Waals surface area (Å²) in [5.41, 5.74) is -0.122. The van der Waals surface area contributed by atoms with Crippen LogP contribution in [-0.4, -0.2) is 29.9 Å². The highest BCUT2D eigenvalue weighted by Crippen LogP contribution is 2.75. The lowest BCUT2D eigenvalue weighted by Crippen LogP contribution is -2.66. The van der Waals surface area contributed by atoms with Crippen LogP contribution in [-0.2, 0) is 19.1 Å². The highest BCUT2D eigenvalue weighted by Gasteiger charge is 2.70. The molecule has 0 aliphatic heterocycles. The summed E-state index contributed by atoms with van der Waals surface area (Å²) in [7, 11) is 1.49. The summed E-state index contributed by atoms with van der Waals surface area (Å²) >= 11 is 0. The minimum Gasteiger partial charge on any atom is -0.481 e. The number of fused-ring (bicyclic) bond motifs is 7. The van der Waals surface area contributed by atoms with Gasteiger partial charge in [0.15, 0.2) is 5.78 Å². The van der Waals surface area contributed by atoms with Crippen molar-refractivity contribution in [3.8, 4) is 0 Å². The van der Waals surface area contributed by atoms with Crippen LogP contribution in [0.3, 0.4) is 0 Å². The number of carbonyl (C=O) groups excluding carboxylic acids is 2. The number of ether oxygens (including phenoxy) is 1. The fraction of sp³-hybridized carbons (Fsp3) is 0.844. The molecule has 5 aliphatic rings. The molecule has 5 aliphatic carbocycles. The van der Waals surface area contributed by atoms with E-state index >= 15 is 0 Å². The Kier molecular flexibility index (Phi) is 5.78. The van der Waals surface area contributed by atoms with Crippen molar-refractivity contribution in [1.82, 2.24) is 0 Å².